The molecule has 2 N–H and O–H groups in total. The van der Waals surface area contributed by atoms with Gasteiger partial charge in [0.05, 0.1) is 10.7 Å². The van der Waals surface area contributed by atoms with Crippen molar-refractivity contribution < 1.29 is 42.2 Å². The SMILES string of the molecule is CC(=O)OCC1=C(C(=O)O)N2C(=O)[C@@H](NC(=O)[C@H](C)n3nc(C(F)(F)F)c(Cl)c3C3CC3)[C@H]2SC1. The van der Waals surface area contributed by atoms with Gasteiger partial charge in [-0.1, -0.05) is 11.6 Å². The molecule has 15 heteroatoms. The van der Waals surface area contributed by atoms with E-state index in [4.69, 9.17) is 16.3 Å². The number of esters is 1. The first-order valence-corrected chi connectivity index (χ1v) is 11.9. The van der Waals surface area contributed by atoms with E-state index in [1.807, 2.05) is 0 Å². The molecule has 1 saturated carbocycles. The molecule has 0 radical (unpaired) electrons. The van der Waals surface area contributed by atoms with Gasteiger partial charge in [-0.05, 0) is 19.8 Å². The largest absolute Gasteiger partial charge is 0.477 e. The Morgan fingerprint density at radius 3 is 2.54 bits per heavy atom. The summed E-state index contributed by atoms with van der Waals surface area (Å²) in [6, 6.07) is -2.29. The van der Waals surface area contributed by atoms with E-state index in [9.17, 15) is 37.5 Å². The smallest absolute Gasteiger partial charge is 0.436 e. The molecule has 0 bridgehead atoms. The monoisotopic (exact) mass is 536 g/mol. The fourth-order valence-electron chi connectivity index (χ4n) is 3.99. The summed E-state index contributed by atoms with van der Waals surface area (Å²) in [5.41, 5.74) is -1.23. The molecular weight excluding hydrogens is 517 g/mol. The second-order valence-corrected chi connectivity index (χ2v) is 9.86. The topological polar surface area (TPSA) is 131 Å². The van der Waals surface area contributed by atoms with Crippen molar-refractivity contribution in [1.82, 2.24) is 20.0 Å². The molecule has 4 rings (SSSR count). The standard InChI is InChI=1S/C20H20ClF3N4O6S/c1-7(28-13(9-3-4-9)11(21)15(26-28)20(22,23)24)16(30)25-12-17(31)27-14(19(32)33)10(5-34-8(2)29)6-35-18(12)27/h7,9,12,18H,3-6H2,1-2H3,(H,25,30)(H,32,33)/t7-,12+,18+/m0/s1. The van der Waals surface area contributed by atoms with Gasteiger partial charge in [0.25, 0.3) is 5.91 Å². The number of fused-ring (bicyclic) bond motifs is 1. The molecule has 2 aliphatic heterocycles. The summed E-state index contributed by atoms with van der Waals surface area (Å²) in [5.74, 6) is -3.55. The maximum absolute atomic E-state index is 13.3. The van der Waals surface area contributed by atoms with Crippen molar-refractivity contribution in [2.45, 2.75) is 56.2 Å². The quantitative estimate of drug-likeness (QED) is 0.401. The molecule has 190 valence electrons. The average Bonchev–Trinajstić information content (AvgIpc) is 3.54. The predicted octanol–water partition coefficient (Wildman–Crippen LogP) is 2.30. The predicted molar refractivity (Wildman–Crippen MR) is 115 cm³/mol. The van der Waals surface area contributed by atoms with Crippen LogP contribution >= 0.6 is 23.4 Å². The molecule has 2 fully saturated rings. The zero-order valence-corrected chi connectivity index (χ0v) is 20.0. The molecule has 10 nitrogen and oxygen atoms in total. The van der Waals surface area contributed by atoms with E-state index in [0.29, 0.717) is 12.8 Å². The van der Waals surface area contributed by atoms with Gasteiger partial charge in [0.15, 0.2) is 5.69 Å². The zero-order chi connectivity index (χ0) is 25.8. The Balaban J connectivity index is 1.52. The number of halogens is 4. The van der Waals surface area contributed by atoms with Gasteiger partial charge in [0.2, 0.25) is 5.91 Å². The summed E-state index contributed by atoms with van der Waals surface area (Å²) < 4.78 is 45.8. The number of carboxylic acid groups (broad SMARTS) is 1. The molecule has 1 aromatic rings. The van der Waals surface area contributed by atoms with Crippen LogP contribution in [0.25, 0.3) is 0 Å². The molecule has 3 atom stereocenters. The lowest BCUT2D eigenvalue weighted by atomic mass is 10.0. The second-order valence-electron chi connectivity index (χ2n) is 8.37. The van der Waals surface area contributed by atoms with E-state index >= 15 is 0 Å². The number of carboxylic acids is 1. The van der Waals surface area contributed by atoms with Gasteiger partial charge < -0.3 is 15.2 Å². The van der Waals surface area contributed by atoms with Gasteiger partial charge in [-0.15, -0.1) is 11.8 Å². The van der Waals surface area contributed by atoms with Crippen molar-refractivity contribution in [1.29, 1.82) is 0 Å². The van der Waals surface area contributed by atoms with E-state index in [0.717, 1.165) is 9.58 Å². The van der Waals surface area contributed by atoms with Crippen molar-refractivity contribution in [2.24, 2.45) is 0 Å². The van der Waals surface area contributed by atoms with E-state index in [1.54, 1.807) is 0 Å². The number of hydrogen-bond acceptors (Lipinski definition) is 7. The van der Waals surface area contributed by atoms with Gasteiger partial charge in [0, 0.05) is 24.2 Å². The summed E-state index contributed by atoms with van der Waals surface area (Å²) >= 11 is 7.14. The number of carbonyl (C=O) groups is 4. The lowest BCUT2D eigenvalue weighted by Gasteiger charge is -2.49. The molecule has 3 aliphatic rings. The minimum atomic E-state index is -4.80. The Bertz CT molecular complexity index is 1150. The third-order valence-corrected chi connectivity index (χ3v) is 7.58. The first-order valence-electron chi connectivity index (χ1n) is 10.5. The van der Waals surface area contributed by atoms with E-state index in [2.05, 4.69) is 10.4 Å². The Morgan fingerprint density at radius 2 is 2.00 bits per heavy atom. The van der Waals surface area contributed by atoms with Gasteiger partial charge >= 0.3 is 18.1 Å². The number of β-lactam (4-membered cyclic amide) rings is 1. The van der Waals surface area contributed by atoms with Crippen molar-refractivity contribution in [2.75, 3.05) is 12.4 Å². The van der Waals surface area contributed by atoms with Gasteiger partial charge in [-0.25, -0.2) is 4.79 Å². The molecule has 0 unspecified atom stereocenters. The maximum atomic E-state index is 13.3. The summed E-state index contributed by atoms with van der Waals surface area (Å²) in [6.45, 7) is 2.22. The Morgan fingerprint density at radius 1 is 1.34 bits per heavy atom. The third-order valence-electron chi connectivity index (χ3n) is 5.86. The third kappa shape index (κ3) is 4.60. The van der Waals surface area contributed by atoms with Crippen molar-refractivity contribution >= 4 is 47.1 Å². The summed E-state index contributed by atoms with van der Waals surface area (Å²) in [5, 5.41) is 14.4. The number of hydrogen-bond donors (Lipinski definition) is 2. The van der Waals surface area contributed by atoms with Crippen molar-refractivity contribution in [3.63, 3.8) is 0 Å². The van der Waals surface area contributed by atoms with Gasteiger partial charge in [0.1, 0.15) is 29.8 Å². The van der Waals surface area contributed by atoms with Crippen LogP contribution in [0.5, 0.6) is 0 Å². The van der Waals surface area contributed by atoms with Crippen molar-refractivity contribution in [3.05, 3.63) is 27.7 Å². The van der Waals surface area contributed by atoms with Crippen LogP contribution in [0.2, 0.25) is 5.02 Å². The number of nitrogens with one attached hydrogen (secondary N) is 1. The number of thioether (sulfide) groups is 1. The Hall–Kier alpha value is -2.74. The minimum Gasteiger partial charge on any atom is -0.477 e. The van der Waals surface area contributed by atoms with Crippen LogP contribution in [0.3, 0.4) is 0 Å². The van der Waals surface area contributed by atoms with E-state index in [-0.39, 0.29) is 35.2 Å². The molecule has 1 aliphatic carbocycles. The summed E-state index contributed by atoms with van der Waals surface area (Å²) in [4.78, 5) is 49.6. The lowest BCUT2D eigenvalue weighted by molar-refractivity contribution is -0.151. The Kier molecular flexibility index (Phi) is 6.55. The summed E-state index contributed by atoms with van der Waals surface area (Å²) in [6.07, 6.45) is -3.56. The van der Waals surface area contributed by atoms with Crippen molar-refractivity contribution in [3.8, 4) is 0 Å². The number of carbonyl (C=O) groups excluding carboxylic acids is 3. The average molecular weight is 537 g/mol. The molecule has 0 spiro atoms. The molecule has 3 heterocycles. The van der Waals surface area contributed by atoms with Crippen LogP contribution in [-0.2, 0) is 30.1 Å². The Labute approximate surface area is 205 Å². The number of alkyl halides is 3. The highest BCUT2D eigenvalue weighted by Crippen LogP contribution is 2.48. The van der Waals surface area contributed by atoms with E-state index in [1.165, 1.54) is 25.6 Å². The molecule has 1 aromatic heterocycles. The molecule has 0 aromatic carbocycles. The van der Waals surface area contributed by atoms with Crippen LogP contribution in [0, 0.1) is 0 Å². The number of nitrogens with zero attached hydrogens (tertiary/aromatic N) is 3. The summed E-state index contributed by atoms with van der Waals surface area (Å²) in [7, 11) is 0. The fraction of sp³-hybridized carbons (Fsp3) is 0.550. The maximum Gasteiger partial charge on any atom is 0.436 e. The first-order chi connectivity index (χ1) is 16.3. The molecule has 2 amide bonds. The highest BCUT2D eigenvalue weighted by atomic mass is 35.5. The fourth-order valence-corrected chi connectivity index (χ4v) is 5.71. The second kappa shape index (κ2) is 9.04. The molecule has 35 heavy (non-hydrogen) atoms. The van der Waals surface area contributed by atoms with Crippen LogP contribution in [-0.4, -0.2) is 67.3 Å². The number of ether oxygens (including phenoxy) is 1. The highest BCUT2D eigenvalue weighted by molar-refractivity contribution is 8.00. The van der Waals surface area contributed by atoms with Crippen LogP contribution in [0.15, 0.2) is 11.3 Å². The highest BCUT2D eigenvalue weighted by Gasteiger charge is 2.54. The van der Waals surface area contributed by atoms with Crippen LogP contribution < -0.4 is 5.32 Å². The van der Waals surface area contributed by atoms with E-state index < -0.39 is 58.1 Å². The number of rotatable bonds is 7. The zero-order valence-electron chi connectivity index (χ0n) is 18.4. The number of amides is 2. The number of aromatic nitrogens is 2. The first kappa shape index (κ1) is 25.4. The number of aliphatic carboxylic acids is 1. The van der Waals surface area contributed by atoms with Crippen LogP contribution in [0.4, 0.5) is 13.2 Å². The molecule has 1 saturated heterocycles. The lowest BCUT2D eigenvalue weighted by Crippen LogP contribution is -2.71. The van der Waals surface area contributed by atoms with Gasteiger partial charge in [-0.2, -0.15) is 18.3 Å². The van der Waals surface area contributed by atoms with Crippen LogP contribution in [0.1, 0.15) is 50.0 Å². The normalized spacial score (nSPS) is 22.9. The molecular formula is C20H20ClF3N4O6S. The van der Waals surface area contributed by atoms with Gasteiger partial charge in [-0.3, -0.25) is 24.0 Å². The minimum absolute atomic E-state index is 0.126.